The van der Waals surface area contributed by atoms with E-state index in [0.29, 0.717) is 11.3 Å². The van der Waals surface area contributed by atoms with E-state index in [1.54, 1.807) is 31.2 Å². The molecule has 0 heterocycles. The number of carbonyl (C=O) groups excluding carboxylic acids is 1. The van der Waals surface area contributed by atoms with E-state index in [4.69, 9.17) is 11.6 Å². The van der Waals surface area contributed by atoms with Crippen molar-refractivity contribution in [3.8, 4) is 5.75 Å². The smallest absolute Gasteiger partial charge is 0.406 e. The van der Waals surface area contributed by atoms with E-state index >= 15 is 0 Å². The van der Waals surface area contributed by atoms with Crippen LogP contribution in [0.15, 0.2) is 71.6 Å². The summed E-state index contributed by atoms with van der Waals surface area (Å²) >= 11 is 6.07. The molecular formula is C21H16ClF3N2O4S. The monoisotopic (exact) mass is 484 g/mol. The molecule has 0 saturated carbocycles. The first-order valence-electron chi connectivity index (χ1n) is 9.00. The van der Waals surface area contributed by atoms with Gasteiger partial charge >= 0.3 is 6.36 Å². The Hall–Kier alpha value is -3.24. The molecule has 0 spiro atoms. The molecule has 3 rings (SSSR count). The molecule has 0 bridgehead atoms. The third-order valence-electron chi connectivity index (χ3n) is 4.22. The molecule has 11 heteroatoms. The number of rotatable bonds is 6. The van der Waals surface area contributed by atoms with Crippen molar-refractivity contribution in [1.82, 2.24) is 0 Å². The molecule has 2 N–H and O–H groups in total. The molecule has 6 nitrogen and oxygen atoms in total. The molecule has 168 valence electrons. The van der Waals surface area contributed by atoms with Gasteiger partial charge in [-0.25, -0.2) is 8.42 Å². The van der Waals surface area contributed by atoms with Crippen molar-refractivity contribution in [2.75, 3.05) is 10.0 Å². The number of benzene rings is 3. The standard InChI is InChI=1S/C21H16ClF3N2O4S/c1-13-4-2-3-5-18(13)27-32(29,30)19-12-14(6-11-17(19)22)20(28)26-15-7-9-16(10-8-15)31-21(23,24)25/h2-12,27H,1H3,(H,26,28). The predicted octanol–water partition coefficient (Wildman–Crippen LogP) is 5.60. The molecule has 3 aromatic rings. The van der Waals surface area contributed by atoms with Crippen LogP contribution in [0.25, 0.3) is 0 Å². The number of aryl methyl sites for hydroxylation is 1. The lowest BCUT2D eigenvalue weighted by Gasteiger charge is -2.13. The highest BCUT2D eigenvalue weighted by Gasteiger charge is 2.31. The topological polar surface area (TPSA) is 84.5 Å². The van der Waals surface area contributed by atoms with Crippen LogP contribution in [-0.4, -0.2) is 20.7 Å². The molecule has 0 aliphatic rings. The van der Waals surface area contributed by atoms with Crippen LogP contribution in [0.4, 0.5) is 24.5 Å². The fourth-order valence-corrected chi connectivity index (χ4v) is 4.34. The molecule has 0 aromatic heterocycles. The van der Waals surface area contributed by atoms with Crippen LogP contribution in [0, 0.1) is 6.92 Å². The molecule has 1 amide bonds. The zero-order valence-electron chi connectivity index (χ0n) is 16.4. The second-order valence-electron chi connectivity index (χ2n) is 6.59. The molecule has 32 heavy (non-hydrogen) atoms. The lowest BCUT2D eigenvalue weighted by molar-refractivity contribution is -0.274. The number of sulfonamides is 1. The Morgan fingerprint density at radius 3 is 2.28 bits per heavy atom. The minimum absolute atomic E-state index is 0.0184. The lowest BCUT2D eigenvalue weighted by atomic mass is 10.2. The highest BCUT2D eigenvalue weighted by Crippen LogP contribution is 2.27. The summed E-state index contributed by atoms with van der Waals surface area (Å²) in [5.41, 5.74) is 1.22. The van der Waals surface area contributed by atoms with Gasteiger partial charge in [-0.15, -0.1) is 13.2 Å². The van der Waals surface area contributed by atoms with E-state index in [9.17, 15) is 26.4 Å². The van der Waals surface area contributed by atoms with Crippen molar-refractivity contribution in [3.63, 3.8) is 0 Å². The van der Waals surface area contributed by atoms with Gasteiger partial charge in [0, 0.05) is 11.3 Å². The number of carbonyl (C=O) groups is 1. The summed E-state index contributed by atoms with van der Waals surface area (Å²) in [6.45, 7) is 1.73. The number of anilines is 2. The second-order valence-corrected chi connectivity index (χ2v) is 8.65. The summed E-state index contributed by atoms with van der Waals surface area (Å²) in [6.07, 6.45) is -4.83. The van der Waals surface area contributed by atoms with E-state index in [0.717, 1.165) is 18.2 Å². The fourth-order valence-electron chi connectivity index (χ4n) is 2.68. The van der Waals surface area contributed by atoms with E-state index in [1.807, 2.05) is 0 Å². The quantitative estimate of drug-likeness (QED) is 0.477. The minimum Gasteiger partial charge on any atom is -0.406 e. The van der Waals surface area contributed by atoms with Crippen molar-refractivity contribution >= 4 is 38.9 Å². The first-order chi connectivity index (χ1) is 14.9. The van der Waals surface area contributed by atoms with Crippen molar-refractivity contribution < 1.29 is 31.1 Å². The zero-order chi connectivity index (χ0) is 23.5. The Balaban J connectivity index is 1.80. The Bertz CT molecular complexity index is 1250. The van der Waals surface area contributed by atoms with E-state index in [-0.39, 0.29) is 21.2 Å². The number of ether oxygens (including phenoxy) is 1. The molecule has 0 unspecified atom stereocenters. The van der Waals surface area contributed by atoms with Gasteiger partial charge < -0.3 is 10.1 Å². The molecule has 3 aromatic carbocycles. The number of nitrogens with one attached hydrogen (secondary N) is 2. The highest BCUT2D eigenvalue weighted by atomic mass is 35.5. The summed E-state index contributed by atoms with van der Waals surface area (Å²) in [5, 5.41) is 2.38. The van der Waals surface area contributed by atoms with Crippen molar-refractivity contribution in [1.29, 1.82) is 0 Å². The number of halogens is 4. The molecule has 0 atom stereocenters. The normalized spacial score (nSPS) is 11.7. The summed E-state index contributed by atoms with van der Waals surface area (Å²) in [6, 6.07) is 14.9. The van der Waals surface area contributed by atoms with Gasteiger partial charge in [-0.1, -0.05) is 29.8 Å². The van der Waals surface area contributed by atoms with Crippen LogP contribution in [0.3, 0.4) is 0 Å². The van der Waals surface area contributed by atoms with Crippen LogP contribution in [0.5, 0.6) is 5.75 Å². The van der Waals surface area contributed by atoms with Gasteiger partial charge in [-0.2, -0.15) is 0 Å². The van der Waals surface area contributed by atoms with Gasteiger partial charge in [0.25, 0.3) is 15.9 Å². The average Bonchev–Trinajstić information content (AvgIpc) is 2.70. The molecule has 0 fully saturated rings. The Kier molecular flexibility index (Phi) is 6.65. The van der Waals surface area contributed by atoms with Crippen LogP contribution < -0.4 is 14.8 Å². The van der Waals surface area contributed by atoms with Crippen LogP contribution in [-0.2, 0) is 10.0 Å². The molecule has 0 saturated heterocycles. The maximum absolute atomic E-state index is 12.8. The average molecular weight is 485 g/mol. The largest absolute Gasteiger partial charge is 0.573 e. The molecular weight excluding hydrogens is 469 g/mol. The number of para-hydroxylation sites is 1. The van der Waals surface area contributed by atoms with Gasteiger partial charge in [0.05, 0.1) is 10.7 Å². The Morgan fingerprint density at radius 1 is 1.00 bits per heavy atom. The minimum atomic E-state index is -4.83. The SMILES string of the molecule is Cc1ccccc1NS(=O)(=O)c1cc(C(=O)Nc2ccc(OC(F)(F)F)cc2)ccc1Cl. The van der Waals surface area contributed by atoms with Crippen molar-refractivity contribution in [2.45, 2.75) is 18.2 Å². The van der Waals surface area contributed by atoms with E-state index in [2.05, 4.69) is 14.8 Å². The number of amides is 1. The predicted molar refractivity (Wildman–Crippen MR) is 115 cm³/mol. The fraction of sp³-hybridized carbons (Fsp3) is 0.0952. The summed E-state index contributed by atoms with van der Waals surface area (Å²) in [4.78, 5) is 12.2. The van der Waals surface area contributed by atoms with Crippen molar-refractivity contribution in [2.24, 2.45) is 0 Å². The molecule has 0 radical (unpaired) electrons. The van der Waals surface area contributed by atoms with E-state index < -0.39 is 28.0 Å². The Labute approximate surface area is 187 Å². The molecule has 0 aliphatic carbocycles. The number of hydrogen-bond donors (Lipinski definition) is 2. The summed E-state index contributed by atoms with van der Waals surface area (Å²) in [5.74, 6) is -1.13. The van der Waals surface area contributed by atoms with Crippen LogP contribution in [0.2, 0.25) is 5.02 Å². The van der Waals surface area contributed by atoms with Gasteiger partial charge in [-0.3, -0.25) is 9.52 Å². The maximum Gasteiger partial charge on any atom is 0.573 e. The third-order valence-corrected chi connectivity index (χ3v) is 6.07. The van der Waals surface area contributed by atoms with E-state index in [1.165, 1.54) is 24.3 Å². The number of hydrogen-bond acceptors (Lipinski definition) is 4. The van der Waals surface area contributed by atoms with Gasteiger partial charge in [0.15, 0.2) is 0 Å². The third kappa shape index (κ3) is 5.92. The molecule has 0 aliphatic heterocycles. The van der Waals surface area contributed by atoms with Gasteiger partial charge in [0.1, 0.15) is 10.6 Å². The zero-order valence-corrected chi connectivity index (χ0v) is 18.0. The van der Waals surface area contributed by atoms with Crippen LogP contribution >= 0.6 is 11.6 Å². The number of alkyl halides is 3. The van der Waals surface area contributed by atoms with Crippen molar-refractivity contribution in [3.05, 3.63) is 82.9 Å². The van der Waals surface area contributed by atoms with Crippen LogP contribution in [0.1, 0.15) is 15.9 Å². The first kappa shape index (κ1) is 23.4. The second kappa shape index (κ2) is 9.09. The summed E-state index contributed by atoms with van der Waals surface area (Å²) in [7, 11) is -4.10. The van der Waals surface area contributed by atoms with Gasteiger partial charge in [0.2, 0.25) is 0 Å². The Morgan fingerprint density at radius 2 is 1.66 bits per heavy atom. The first-order valence-corrected chi connectivity index (χ1v) is 10.9. The lowest BCUT2D eigenvalue weighted by Crippen LogP contribution is -2.17. The maximum atomic E-state index is 12.8. The summed E-state index contributed by atoms with van der Waals surface area (Å²) < 4.78 is 68.6. The van der Waals surface area contributed by atoms with Gasteiger partial charge in [-0.05, 0) is 61.0 Å². The highest BCUT2D eigenvalue weighted by molar-refractivity contribution is 7.92.